The van der Waals surface area contributed by atoms with Crippen LogP contribution in [-0.2, 0) is 9.53 Å². The highest BCUT2D eigenvalue weighted by Gasteiger charge is 2.14. The number of hydrogen-bond donors (Lipinski definition) is 0. The summed E-state index contributed by atoms with van der Waals surface area (Å²) in [6.45, 7) is 3.83. The monoisotopic (exact) mass is 189 g/mol. The first-order valence-electron chi connectivity index (χ1n) is 4.66. The smallest absolute Gasteiger partial charge is 0.312 e. The number of hydrogen-bond acceptors (Lipinski definition) is 2. The largest absolute Gasteiger partial charge is 0.469 e. The van der Waals surface area contributed by atoms with Gasteiger partial charge in [0.15, 0.2) is 0 Å². The topological polar surface area (TPSA) is 26.3 Å². The Labute approximate surface area is 85.5 Å². The molecule has 0 bridgehead atoms. The quantitative estimate of drug-likeness (QED) is 0.529. The van der Waals surface area contributed by atoms with Crippen molar-refractivity contribution in [3.8, 4) is 0 Å². The van der Waals surface area contributed by atoms with Gasteiger partial charge in [0.2, 0.25) is 0 Å². The molecule has 3 heteroatoms. The summed E-state index contributed by atoms with van der Waals surface area (Å²) in [7, 11) is 3.43. The predicted octanol–water partition coefficient (Wildman–Crippen LogP) is 1.34. The van der Waals surface area contributed by atoms with Crippen LogP contribution in [-0.4, -0.2) is 20.4 Å². The van der Waals surface area contributed by atoms with Gasteiger partial charge < -0.3 is 4.74 Å². The van der Waals surface area contributed by atoms with Crippen molar-refractivity contribution in [2.24, 2.45) is 0 Å². The average Bonchev–Trinajstić information content (AvgIpc) is 2.27. The van der Waals surface area contributed by atoms with E-state index < -0.39 is 0 Å². The minimum Gasteiger partial charge on any atom is -0.469 e. The maximum Gasteiger partial charge on any atom is 0.312 e. The lowest BCUT2D eigenvalue weighted by Crippen LogP contribution is -2.14. The Bertz CT molecular complexity index is 306. The summed E-state index contributed by atoms with van der Waals surface area (Å²) >= 11 is 0. The van der Waals surface area contributed by atoms with Gasteiger partial charge in [0, 0.05) is 0 Å². The fraction of sp³-hybridized carbons (Fsp3) is 0.364. The summed E-state index contributed by atoms with van der Waals surface area (Å²) in [6, 6.07) is 7.90. The number of ether oxygens (including phenoxy) is 1. The van der Waals surface area contributed by atoms with Crippen LogP contribution in [0.25, 0.3) is 0 Å². The van der Waals surface area contributed by atoms with Crippen LogP contribution in [0.2, 0.25) is 6.82 Å². The Kier molecular flexibility index (Phi) is 3.75. The molecule has 0 saturated heterocycles. The molecule has 1 aromatic rings. The summed E-state index contributed by atoms with van der Waals surface area (Å²) in [5.41, 5.74) is 2.15. The minimum absolute atomic E-state index is 0.189. The Balaban J connectivity index is 2.81. The average molecular weight is 189 g/mol. The first kappa shape index (κ1) is 10.8. The van der Waals surface area contributed by atoms with Gasteiger partial charge in [0.05, 0.1) is 13.0 Å². The van der Waals surface area contributed by atoms with Crippen LogP contribution in [0.1, 0.15) is 18.4 Å². The highest BCUT2D eigenvalue weighted by atomic mass is 16.5. The van der Waals surface area contributed by atoms with Gasteiger partial charge in [0.1, 0.15) is 7.28 Å². The first-order chi connectivity index (χ1) is 6.69. The van der Waals surface area contributed by atoms with Crippen molar-refractivity contribution in [3.63, 3.8) is 0 Å². The van der Waals surface area contributed by atoms with E-state index in [-0.39, 0.29) is 11.9 Å². The standard InChI is InChI=1S/C11H14BO2/c1-8(11(13)14-3)9-4-6-10(12-2)7-5-9/h4-8H,1-3H3. The van der Waals surface area contributed by atoms with Crippen molar-refractivity contribution < 1.29 is 9.53 Å². The van der Waals surface area contributed by atoms with Gasteiger partial charge in [0.25, 0.3) is 0 Å². The van der Waals surface area contributed by atoms with E-state index in [0.29, 0.717) is 0 Å². The zero-order valence-corrected chi connectivity index (χ0v) is 8.78. The molecule has 1 aromatic carbocycles. The van der Waals surface area contributed by atoms with Gasteiger partial charge in [-0.1, -0.05) is 36.6 Å². The second-order valence-electron chi connectivity index (χ2n) is 3.20. The molecule has 0 fully saturated rings. The molecule has 1 radical (unpaired) electrons. The van der Waals surface area contributed by atoms with E-state index in [4.69, 9.17) is 0 Å². The number of benzene rings is 1. The summed E-state index contributed by atoms with van der Waals surface area (Å²) in [5.74, 6) is -0.385. The third kappa shape index (κ3) is 2.38. The number of carbonyl (C=O) groups excluding carboxylic acids is 1. The van der Waals surface area contributed by atoms with Gasteiger partial charge in [-0.05, 0) is 12.5 Å². The first-order valence-corrected chi connectivity index (χ1v) is 4.66. The Hall–Kier alpha value is -1.25. The van der Waals surface area contributed by atoms with E-state index >= 15 is 0 Å². The summed E-state index contributed by atoms with van der Waals surface area (Å²) in [6.07, 6.45) is 0. The van der Waals surface area contributed by atoms with Crippen molar-refractivity contribution in [2.75, 3.05) is 7.11 Å². The van der Waals surface area contributed by atoms with Crippen molar-refractivity contribution >= 4 is 18.7 Å². The van der Waals surface area contributed by atoms with E-state index in [1.165, 1.54) is 7.11 Å². The summed E-state index contributed by atoms with van der Waals surface area (Å²) in [4.78, 5) is 11.2. The number of carbonyl (C=O) groups is 1. The molecule has 0 aromatic heterocycles. The Morgan fingerprint density at radius 1 is 1.36 bits per heavy atom. The second kappa shape index (κ2) is 4.84. The van der Waals surface area contributed by atoms with Crippen molar-refractivity contribution in [1.82, 2.24) is 0 Å². The van der Waals surface area contributed by atoms with Gasteiger partial charge >= 0.3 is 5.97 Å². The van der Waals surface area contributed by atoms with E-state index in [1.54, 1.807) is 0 Å². The highest BCUT2D eigenvalue weighted by Crippen LogP contribution is 2.14. The Morgan fingerprint density at radius 2 is 1.93 bits per heavy atom. The zero-order chi connectivity index (χ0) is 10.6. The van der Waals surface area contributed by atoms with Crippen molar-refractivity contribution in [1.29, 1.82) is 0 Å². The third-order valence-electron chi connectivity index (χ3n) is 2.32. The SMILES string of the molecule is C[B]c1ccc(C(C)C(=O)OC)cc1. The normalized spacial score (nSPS) is 11.9. The maximum atomic E-state index is 11.2. The zero-order valence-electron chi connectivity index (χ0n) is 8.78. The van der Waals surface area contributed by atoms with E-state index in [9.17, 15) is 4.79 Å². The molecule has 0 aliphatic heterocycles. The van der Waals surface area contributed by atoms with Gasteiger partial charge in [-0.25, -0.2) is 0 Å². The summed E-state index contributed by atoms with van der Waals surface area (Å²) in [5, 5.41) is 0. The van der Waals surface area contributed by atoms with Gasteiger partial charge in [-0.3, -0.25) is 4.79 Å². The molecule has 0 heterocycles. The lowest BCUT2D eigenvalue weighted by Gasteiger charge is -2.09. The molecule has 0 saturated carbocycles. The molecule has 0 aliphatic rings. The van der Waals surface area contributed by atoms with E-state index in [2.05, 4.69) is 4.74 Å². The molecule has 0 N–H and O–H groups in total. The van der Waals surface area contributed by atoms with Crippen LogP contribution >= 0.6 is 0 Å². The van der Waals surface area contributed by atoms with E-state index in [0.717, 1.165) is 11.0 Å². The predicted molar refractivity (Wildman–Crippen MR) is 58.1 cm³/mol. The molecule has 0 amide bonds. The number of rotatable bonds is 3. The lowest BCUT2D eigenvalue weighted by molar-refractivity contribution is -0.141. The minimum atomic E-state index is -0.196. The number of esters is 1. The highest BCUT2D eigenvalue weighted by molar-refractivity contribution is 6.51. The van der Waals surface area contributed by atoms with Crippen LogP contribution in [0.15, 0.2) is 24.3 Å². The molecule has 0 spiro atoms. The fourth-order valence-corrected chi connectivity index (χ4v) is 1.29. The van der Waals surface area contributed by atoms with E-state index in [1.807, 2.05) is 45.3 Å². The Morgan fingerprint density at radius 3 is 2.36 bits per heavy atom. The second-order valence-corrected chi connectivity index (χ2v) is 3.20. The molecule has 1 rings (SSSR count). The number of methoxy groups -OCH3 is 1. The fourth-order valence-electron chi connectivity index (χ4n) is 1.29. The third-order valence-corrected chi connectivity index (χ3v) is 2.32. The van der Waals surface area contributed by atoms with Crippen molar-refractivity contribution in [3.05, 3.63) is 29.8 Å². The molecule has 73 valence electrons. The van der Waals surface area contributed by atoms with Crippen molar-refractivity contribution in [2.45, 2.75) is 19.7 Å². The molecule has 2 nitrogen and oxygen atoms in total. The van der Waals surface area contributed by atoms with Crippen LogP contribution in [0, 0.1) is 0 Å². The summed E-state index contributed by atoms with van der Waals surface area (Å²) < 4.78 is 4.68. The van der Waals surface area contributed by atoms with Gasteiger partial charge in [-0.15, -0.1) is 0 Å². The molecule has 1 unspecified atom stereocenters. The molecule has 0 aliphatic carbocycles. The van der Waals surface area contributed by atoms with Crippen LogP contribution in [0.4, 0.5) is 0 Å². The molecule has 1 atom stereocenters. The van der Waals surface area contributed by atoms with Gasteiger partial charge in [-0.2, -0.15) is 0 Å². The van der Waals surface area contributed by atoms with Crippen LogP contribution in [0.3, 0.4) is 0 Å². The lowest BCUT2D eigenvalue weighted by atomic mass is 9.73. The van der Waals surface area contributed by atoms with Crippen LogP contribution in [0.5, 0.6) is 0 Å². The maximum absolute atomic E-state index is 11.2. The molecular formula is C11H14BO2. The van der Waals surface area contributed by atoms with Crippen LogP contribution < -0.4 is 5.46 Å². The molecule has 14 heavy (non-hydrogen) atoms. The molecular weight excluding hydrogens is 175 g/mol.